The van der Waals surface area contributed by atoms with Crippen LogP contribution in [0.3, 0.4) is 0 Å². The van der Waals surface area contributed by atoms with Crippen LogP contribution in [0.25, 0.3) is 0 Å². The maximum absolute atomic E-state index is 10.5. The zero-order valence-electron chi connectivity index (χ0n) is 22.4. The van der Waals surface area contributed by atoms with Crippen LogP contribution in [0.2, 0.25) is 0 Å². The molecule has 0 aliphatic carbocycles. The number of nitrogens with one attached hydrogen (secondary N) is 2. The summed E-state index contributed by atoms with van der Waals surface area (Å²) in [7, 11) is 0. The van der Waals surface area contributed by atoms with Crippen molar-refractivity contribution < 1.29 is 24.1 Å². The number of benzene rings is 1. The Morgan fingerprint density at radius 1 is 1.19 bits per heavy atom. The van der Waals surface area contributed by atoms with Crippen molar-refractivity contribution in [2.75, 3.05) is 45.0 Å². The predicted molar refractivity (Wildman–Crippen MR) is 143 cm³/mol. The lowest BCUT2D eigenvalue weighted by Crippen LogP contribution is -2.48. The summed E-state index contributed by atoms with van der Waals surface area (Å²) in [5.41, 5.74) is 4.37. The summed E-state index contributed by atoms with van der Waals surface area (Å²) < 4.78 is 23.1. The number of hydrogen-bond acceptors (Lipinski definition) is 10. The van der Waals surface area contributed by atoms with Crippen molar-refractivity contribution in [3.8, 4) is 11.6 Å². The Morgan fingerprint density at radius 2 is 2.03 bits per heavy atom. The molecule has 10 heteroatoms. The number of hydrogen-bond donors (Lipinski definition) is 3. The number of nitrogens with zero attached hydrogens (tertiary/aromatic N) is 3. The Labute approximate surface area is 219 Å². The van der Waals surface area contributed by atoms with Gasteiger partial charge in [-0.2, -0.15) is 5.10 Å². The zero-order valence-corrected chi connectivity index (χ0v) is 22.4. The number of aromatic nitrogens is 2. The van der Waals surface area contributed by atoms with Gasteiger partial charge in [-0.25, -0.2) is 0 Å². The van der Waals surface area contributed by atoms with E-state index in [1.807, 2.05) is 52.0 Å². The molecule has 2 aromatic rings. The van der Waals surface area contributed by atoms with Crippen LogP contribution < -0.4 is 20.2 Å². The SMILES string of the molecule is CC(C)=NNc1ccc(OCC(C)(C)NCC(O)COc2ccccc2CCOCC2CCCO2)nn1. The minimum absolute atomic E-state index is 0.178. The van der Waals surface area contributed by atoms with Gasteiger partial charge in [-0.3, -0.25) is 5.43 Å². The van der Waals surface area contributed by atoms with E-state index in [0.717, 1.165) is 42.9 Å². The molecule has 0 bridgehead atoms. The van der Waals surface area contributed by atoms with Crippen LogP contribution in [0.5, 0.6) is 11.6 Å². The lowest BCUT2D eigenvalue weighted by atomic mass is 10.1. The van der Waals surface area contributed by atoms with Crippen molar-refractivity contribution in [2.24, 2.45) is 5.10 Å². The first-order valence-electron chi connectivity index (χ1n) is 12.9. The standard InChI is InChI=1S/C27H41N5O5/c1-20(2)29-30-25-11-12-26(32-31-25)37-19-27(3,4)28-16-22(33)17-36-24-10-6-5-8-21(24)13-15-34-18-23-9-7-14-35-23/h5-6,8,10-12,22-23,28,33H,7,9,13-19H2,1-4H3,(H,30,31). The molecule has 204 valence electrons. The Bertz CT molecular complexity index is 960. The monoisotopic (exact) mass is 515 g/mol. The van der Waals surface area contributed by atoms with Crippen LogP contribution in [0.4, 0.5) is 5.82 Å². The topological polar surface area (TPSA) is 119 Å². The quantitative estimate of drug-likeness (QED) is 0.176. The number of ether oxygens (including phenoxy) is 4. The van der Waals surface area contributed by atoms with E-state index in [1.54, 1.807) is 12.1 Å². The highest BCUT2D eigenvalue weighted by Crippen LogP contribution is 2.19. The maximum Gasteiger partial charge on any atom is 0.233 e. The molecule has 2 heterocycles. The summed E-state index contributed by atoms with van der Waals surface area (Å²) in [6, 6.07) is 11.4. The van der Waals surface area contributed by atoms with E-state index in [2.05, 4.69) is 26.0 Å². The molecule has 0 radical (unpaired) electrons. The molecular weight excluding hydrogens is 474 g/mol. The third kappa shape index (κ3) is 11.0. The Morgan fingerprint density at radius 3 is 2.76 bits per heavy atom. The predicted octanol–water partition coefficient (Wildman–Crippen LogP) is 3.21. The fourth-order valence-electron chi connectivity index (χ4n) is 3.59. The number of rotatable bonds is 16. The highest BCUT2D eigenvalue weighted by atomic mass is 16.5. The highest BCUT2D eigenvalue weighted by molar-refractivity contribution is 5.79. The van der Waals surface area contributed by atoms with Crippen LogP contribution in [0.15, 0.2) is 41.5 Å². The van der Waals surface area contributed by atoms with E-state index in [0.29, 0.717) is 38.1 Å². The van der Waals surface area contributed by atoms with Crippen LogP contribution in [-0.2, 0) is 15.9 Å². The van der Waals surface area contributed by atoms with Gasteiger partial charge in [0.05, 0.1) is 19.3 Å². The third-order valence-corrected chi connectivity index (χ3v) is 5.68. The number of anilines is 1. The zero-order chi connectivity index (χ0) is 26.5. The highest BCUT2D eigenvalue weighted by Gasteiger charge is 2.21. The lowest BCUT2D eigenvalue weighted by Gasteiger charge is -2.27. The number of aliphatic hydroxyl groups excluding tert-OH is 1. The van der Waals surface area contributed by atoms with E-state index in [1.165, 1.54) is 0 Å². The molecule has 2 unspecified atom stereocenters. The van der Waals surface area contributed by atoms with Crippen LogP contribution in [-0.4, -0.2) is 78.3 Å². The van der Waals surface area contributed by atoms with Crippen LogP contribution in [0.1, 0.15) is 46.1 Å². The number of β-amino-alcohol motifs (C(OH)–C–C–N with tert-alkyl or cyclic N) is 1. The van der Waals surface area contributed by atoms with Gasteiger partial charge in [0.2, 0.25) is 5.88 Å². The number of aliphatic hydroxyl groups is 1. The lowest BCUT2D eigenvalue weighted by molar-refractivity contribution is 0.0181. The third-order valence-electron chi connectivity index (χ3n) is 5.68. The average molecular weight is 516 g/mol. The fraction of sp³-hybridized carbons (Fsp3) is 0.593. The summed E-state index contributed by atoms with van der Waals surface area (Å²) in [6.45, 7) is 10.7. The van der Waals surface area contributed by atoms with E-state index < -0.39 is 11.6 Å². The van der Waals surface area contributed by atoms with E-state index in [-0.39, 0.29) is 12.7 Å². The molecule has 0 saturated carbocycles. The molecule has 1 fully saturated rings. The molecule has 1 aromatic heterocycles. The van der Waals surface area contributed by atoms with Gasteiger partial charge in [0.15, 0.2) is 5.82 Å². The second-order valence-electron chi connectivity index (χ2n) is 10.0. The molecule has 10 nitrogen and oxygen atoms in total. The minimum Gasteiger partial charge on any atom is -0.491 e. The van der Waals surface area contributed by atoms with Gasteiger partial charge in [-0.05, 0) is 64.7 Å². The number of para-hydroxylation sites is 1. The largest absolute Gasteiger partial charge is 0.491 e. The second kappa shape index (κ2) is 14.8. The molecule has 1 saturated heterocycles. The Balaban J connectivity index is 1.35. The molecule has 3 N–H and O–H groups in total. The first-order chi connectivity index (χ1) is 17.8. The summed E-state index contributed by atoms with van der Waals surface area (Å²) in [6.07, 6.45) is 2.47. The van der Waals surface area contributed by atoms with E-state index in [9.17, 15) is 5.11 Å². The van der Waals surface area contributed by atoms with Gasteiger partial charge in [0.1, 0.15) is 25.1 Å². The molecule has 37 heavy (non-hydrogen) atoms. The minimum atomic E-state index is -0.684. The summed E-state index contributed by atoms with van der Waals surface area (Å²) in [4.78, 5) is 0. The second-order valence-corrected chi connectivity index (χ2v) is 10.0. The normalized spacial score (nSPS) is 16.3. The number of hydrazone groups is 1. The average Bonchev–Trinajstić information content (AvgIpc) is 3.41. The van der Waals surface area contributed by atoms with E-state index >= 15 is 0 Å². The first-order valence-corrected chi connectivity index (χ1v) is 12.9. The van der Waals surface area contributed by atoms with Crippen molar-refractivity contribution in [1.82, 2.24) is 15.5 Å². The van der Waals surface area contributed by atoms with Gasteiger partial charge in [-0.15, -0.1) is 10.2 Å². The van der Waals surface area contributed by atoms with Gasteiger partial charge >= 0.3 is 0 Å². The van der Waals surface area contributed by atoms with Gasteiger partial charge in [-0.1, -0.05) is 18.2 Å². The maximum atomic E-state index is 10.5. The smallest absolute Gasteiger partial charge is 0.233 e. The van der Waals surface area contributed by atoms with Gasteiger partial charge in [0, 0.05) is 30.5 Å². The fourth-order valence-corrected chi connectivity index (χ4v) is 3.59. The Hall–Kier alpha value is -2.79. The summed E-state index contributed by atoms with van der Waals surface area (Å²) in [5, 5.41) is 26.0. The van der Waals surface area contributed by atoms with Gasteiger partial charge in [0.25, 0.3) is 0 Å². The molecule has 1 aliphatic heterocycles. The van der Waals surface area contributed by atoms with Gasteiger partial charge < -0.3 is 29.4 Å². The summed E-state index contributed by atoms with van der Waals surface area (Å²) >= 11 is 0. The van der Waals surface area contributed by atoms with Crippen molar-refractivity contribution in [2.45, 2.75) is 64.7 Å². The van der Waals surface area contributed by atoms with Crippen molar-refractivity contribution in [3.05, 3.63) is 42.0 Å². The van der Waals surface area contributed by atoms with Crippen LogP contribution in [0, 0.1) is 0 Å². The molecule has 1 aromatic carbocycles. The molecule has 1 aliphatic rings. The van der Waals surface area contributed by atoms with Crippen molar-refractivity contribution >= 4 is 11.5 Å². The molecule has 2 atom stereocenters. The molecular formula is C27H41N5O5. The molecule has 0 amide bonds. The molecule has 0 spiro atoms. The molecule has 3 rings (SSSR count). The van der Waals surface area contributed by atoms with E-state index in [4.69, 9.17) is 18.9 Å². The van der Waals surface area contributed by atoms with Crippen molar-refractivity contribution in [1.29, 1.82) is 0 Å². The summed E-state index contributed by atoms with van der Waals surface area (Å²) in [5.74, 6) is 1.72. The first kappa shape index (κ1) is 28.8. The van der Waals surface area contributed by atoms with Crippen LogP contribution >= 0.6 is 0 Å². The Kier molecular flexibility index (Phi) is 11.5. The van der Waals surface area contributed by atoms with Crippen molar-refractivity contribution in [3.63, 3.8) is 0 Å².